The van der Waals surface area contributed by atoms with Crippen molar-refractivity contribution in [2.24, 2.45) is 7.05 Å². The average molecular weight is 357 g/mol. The Kier molecular flexibility index (Phi) is 4.02. The molecule has 0 spiro atoms. The van der Waals surface area contributed by atoms with E-state index in [1.807, 2.05) is 0 Å². The fourth-order valence-electron chi connectivity index (χ4n) is 3.34. The number of carbonyl (C=O) groups excluding carboxylic acids is 2. The first-order chi connectivity index (χ1) is 12.6. The number of hydrogen-bond acceptors (Lipinski definition) is 6. The molecule has 1 aromatic heterocycles. The van der Waals surface area contributed by atoms with Gasteiger partial charge in [-0.25, -0.2) is 4.79 Å². The van der Waals surface area contributed by atoms with Gasteiger partial charge in [0.05, 0.1) is 18.8 Å². The molecule has 0 N–H and O–H groups in total. The number of nitrogens with zero attached hydrogens (tertiary/aromatic N) is 3. The summed E-state index contributed by atoms with van der Waals surface area (Å²) >= 11 is 0. The summed E-state index contributed by atoms with van der Waals surface area (Å²) in [5.41, 5.74) is 2.53. The molecular formula is C18H19N3O5. The largest absolute Gasteiger partial charge is 0.461 e. The van der Waals surface area contributed by atoms with Gasteiger partial charge in [0, 0.05) is 31.1 Å². The summed E-state index contributed by atoms with van der Waals surface area (Å²) in [4.78, 5) is 26.9. The van der Waals surface area contributed by atoms with Crippen LogP contribution in [-0.4, -0.2) is 46.5 Å². The molecule has 1 amide bonds. The lowest BCUT2D eigenvalue weighted by Gasteiger charge is -2.27. The van der Waals surface area contributed by atoms with E-state index in [1.54, 1.807) is 37.1 Å². The van der Waals surface area contributed by atoms with Crippen molar-refractivity contribution < 1.29 is 23.8 Å². The summed E-state index contributed by atoms with van der Waals surface area (Å²) in [5, 5.41) is 4.41. The van der Waals surface area contributed by atoms with Crippen molar-refractivity contribution in [3.63, 3.8) is 0 Å². The van der Waals surface area contributed by atoms with Gasteiger partial charge in [-0.1, -0.05) is 0 Å². The van der Waals surface area contributed by atoms with Crippen molar-refractivity contribution in [2.75, 3.05) is 19.9 Å². The number of benzene rings is 1. The Labute approximate surface area is 150 Å². The highest BCUT2D eigenvalue weighted by Gasteiger charge is 2.30. The zero-order valence-electron chi connectivity index (χ0n) is 14.7. The van der Waals surface area contributed by atoms with Gasteiger partial charge in [0.15, 0.2) is 17.2 Å². The lowest BCUT2D eigenvalue weighted by molar-refractivity contribution is 0.0508. The standard InChI is InChI=1S/C18H19N3O5/c1-3-24-18(23)16-12-9-21(7-6-13(12)19-20(16)2)17(22)11-4-5-14-15(8-11)26-10-25-14/h4-5,8H,3,6-7,9-10H2,1-2H3. The second-order valence-corrected chi connectivity index (χ2v) is 6.16. The lowest BCUT2D eigenvalue weighted by Crippen LogP contribution is -2.36. The van der Waals surface area contributed by atoms with Crippen molar-refractivity contribution in [3.8, 4) is 11.5 Å². The summed E-state index contributed by atoms with van der Waals surface area (Å²) in [6, 6.07) is 5.15. The Bertz CT molecular complexity index is 889. The predicted octanol–water partition coefficient (Wildman–Crippen LogP) is 1.52. The van der Waals surface area contributed by atoms with Crippen LogP contribution in [0.2, 0.25) is 0 Å². The maximum Gasteiger partial charge on any atom is 0.356 e. The van der Waals surface area contributed by atoms with E-state index in [1.165, 1.54) is 4.68 Å². The molecule has 0 bridgehead atoms. The van der Waals surface area contributed by atoms with Crippen LogP contribution in [0.4, 0.5) is 0 Å². The van der Waals surface area contributed by atoms with E-state index >= 15 is 0 Å². The van der Waals surface area contributed by atoms with Crippen LogP contribution in [0.25, 0.3) is 0 Å². The Morgan fingerprint density at radius 1 is 1.27 bits per heavy atom. The van der Waals surface area contributed by atoms with Crippen LogP contribution >= 0.6 is 0 Å². The molecule has 8 heteroatoms. The highest BCUT2D eigenvalue weighted by atomic mass is 16.7. The molecule has 136 valence electrons. The third-order valence-corrected chi connectivity index (χ3v) is 4.57. The summed E-state index contributed by atoms with van der Waals surface area (Å²) in [6.45, 7) is 3.08. The Morgan fingerprint density at radius 3 is 2.88 bits per heavy atom. The molecule has 8 nitrogen and oxygen atoms in total. The second-order valence-electron chi connectivity index (χ2n) is 6.16. The van der Waals surface area contributed by atoms with E-state index in [0.29, 0.717) is 48.9 Å². The van der Waals surface area contributed by atoms with Crippen molar-refractivity contribution in [1.29, 1.82) is 0 Å². The van der Waals surface area contributed by atoms with Crippen LogP contribution in [0, 0.1) is 0 Å². The van der Waals surface area contributed by atoms with Crippen molar-refractivity contribution >= 4 is 11.9 Å². The summed E-state index contributed by atoms with van der Waals surface area (Å²) in [7, 11) is 1.72. The van der Waals surface area contributed by atoms with Gasteiger partial charge in [0.1, 0.15) is 0 Å². The number of rotatable bonds is 3. The first-order valence-corrected chi connectivity index (χ1v) is 8.49. The van der Waals surface area contributed by atoms with E-state index in [-0.39, 0.29) is 12.7 Å². The van der Waals surface area contributed by atoms with Gasteiger partial charge in [-0.15, -0.1) is 0 Å². The number of amides is 1. The molecule has 0 unspecified atom stereocenters. The zero-order chi connectivity index (χ0) is 18.3. The van der Waals surface area contributed by atoms with Crippen LogP contribution < -0.4 is 9.47 Å². The third kappa shape index (κ3) is 2.67. The minimum Gasteiger partial charge on any atom is -0.461 e. The number of aromatic nitrogens is 2. The number of fused-ring (bicyclic) bond motifs is 2. The number of hydrogen-bond donors (Lipinski definition) is 0. The second kappa shape index (κ2) is 6.36. The van der Waals surface area contributed by atoms with Gasteiger partial charge in [-0.3, -0.25) is 9.48 Å². The van der Waals surface area contributed by atoms with Crippen LogP contribution in [-0.2, 0) is 24.8 Å². The Morgan fingerprint density at radius 2 is 2.08 bits per heavy atom. The fourth-order valence-corrected chi connectivity index (χ4v) is 3.34. The highest BCUT2D eigenvalue weighted by Crippen LogP contribution is 2.33. The molecule has 0 fully saturated rings. The quantitative estimate of drug-likeness (QED) is 0.775. The lowest BCUT2D eigenvalue weighted by atomic mass is 10.0. The molecule has 1 aromatic carbocycles. The average Bonchev–Trinajstić information content (AvgIpc) is 3.23. The smallest absolute Gasteiger partial charge is 0.356 e. The fraction of sp³-hybridized carbons (Fsp3) is 0.389. The minimum absolute atomic E-state index is 0.118. The minimum atomic E-state index is -0.416. The molecule has 3 heterocycles. The zero-order valence-corrected chi connectivity index (χ0v) is 14.7. The van der Waals surface area contributed by atoms with Gasteiger partial charge >= 0.3 is 5.97 Å². The van der Waals surface area contributed by atoms with E-state index in [0.717, 1.165) is 11.3 Å². The monoisotopic (exact) mass is 357 g/mol. The first-order valence-electron chi connectivity index (χ1n) is 8.49. The van der Waals surface area contributed by atoms with Crippen LogP contribution in [0.3, 0.4) is 0 Å². The molecule has 2 aromatic rings. The molecule has 26 heavy (non-hydrogen) atoms. The third-order valence-electron chi connectivity index (χ3n) is 4.57. The SMILES string of the molecule is CCOC(=O)c1c2c(nn1C)CCN(C(=O)c1ccc3c(c1)OCO3)C2. The first kappa shape index (κ1) is 16.4. The molecule has 2 aliphatic rings. The maximum atomic E-state index is 12.9. The Hall–Kier alpha value is -3.03. The number of aryl methyl sites for hydroxylation is 1. The number of carbonyl (C=O) groups is 2. The highest BCUT2D eigenvalue weighted by molar-refractivity contribution is 5.95. The molecule has 0 saturated carbocycles. The molecule has 0 radical (unpaired) electrons. The number of esters is 1. The van der Waals surface area contributed by atoms with Crippen molar-refractivity contribution in [3.05, 3.63) is 40.7 Å². The van der Waals surface area contributed by atoms with Gasteiger partial charge in [-0.2, -0.15) is 5.10 Å². The molecule has 0 atom stereocenters. The van der Waals surface area contributed by atoms with Gasteiger partial charge < -0.3 is 19.1 Å². The molecule has 4 rings (SSSR count). The van der Waals surface area contributed by atoms with Crippen LogP contribution in [0.1, 0.15) is 39.0 Å². The van der Waals surface area contributed by atoms with Crippen LogP contribution in [0.15, 0.2) is 18.2 Å². The van der Waals surface area contributed by atoms with E-state index in [4.69, 9.17) is 14.2 Å². The van der Waals surface area contributed by atoms with Gasteiger partial charge in [-0.05, 0) is 25.1 Å². The topological polar surface area (TPSA) is 82.9 Å². The number of ether oxygens (including phenoxy) is 3. The van der Waals surface area contributed by atoms with Gasteiger partial charge in [0.2, 0.25) is 6.79 Å². The summed E-state index contributed by atoms with van der Waals surface area (Å²) < 4.78 is 17.3. The van der Waals surface area contributed by atoms with E-state index < -0.39 is 5.97 Å². The molecule has 0 aliphatic carbocycles. The molecule has 0 saturated heterocycles. The molecular weight excluding hydrogens is 338 g/mol. The molecule has 2 aliphatic heterocycles. The summed E-state index contributed by atoms with van der Waals surface area (Å²) in [6.07, 6.45) is 0.596. The normalized spacial score (nSPS) is 14.9. The summed E-state index contributed by atoms with van der Waals surface area (Å²) in [5.74, 6) is 0.676. The Balaban J connectivity index is 1.60. The van der Waals surface area contributed by atoms with Crippen molar-refractivity contribution in [1.82, 2.24) is 14.7 Å². The maximum absolute atomic E-state index is 12.9. The van der Waals surface area contributed by atoms with Crippen LogP contribution in [0.5, 0.6) is 11.5 Å². The van der Waals surface area contributed by atoms with Gasteiger partial charge in [0.25, 0.3) is 5.91 Å². The van der Waals surface area contributed by atoms with E-state index in [2.05, 4.69) is 5.10 Å². The van der Waals surface area contributed by atoms with E-state index in [9.17, 15) is 9.59 Å². The van der Waals surface area contributed by atoms with Crippen molar-refractivity contribution in [2.45, 2.75) is 19.9 Å². The predicted molar refractivity (Wildman–Crippen MR) is 90.2 cm³/mol.